The van der Waals surface area contributed by atoms with Crippen molar-refractivity contribution >= 4 is 29.4 Å². The Balaban J connectivity index is 1.43. The van der Waals surface area contributed by atoms with Crippen LogP contribution in [0.3, 0.4) is 0 Å². The smallest absolute Gasteiger partial charge is 0.316 e. The zero-order chi connectivity index (χ0) is 22.1. The molecule has 0 radical (unpaired) electrons. The Labute approximate surface area is 180 Å². The van der Waals surface area contributed by atoms with Crippen molar-refractivity contribution in [2.45, 2.75) is 39.2 Å². The SMILES string of the molecule is Cc1cc(OC(=O)[C@H]2CC(=O)N([C@H](C)c3ccccc3)C2)ccc1N1C(=O)CCC1=O. The number of aryl methyl sites for hydroxylation is 1. The lowest BCUT2D eigenvalue weighted by Gasteiger charge is -2.25. The topological polar surface area (TPSA) is 84.0 Å². The molecule has 7 nitrogen and oxygen atoms in total. The summed E-state index contributed by atoms with van der Waals surface area (Å²) in [6.07, 6.45) is 0.537. The maximum absolute atomic E-state index is 12.7. The number of carbonyl (C=O) groups is 4. The lowest BCUT2D eigenvalue weighted by molar-refractivity contribution is -0.139. The molecule has 160 valence electrons. The summed E-state index contributed by atoms with van der Waals surface area (Å²) in [5.41, 5.74) is 2.18. The lowest BCUT2D eigenvalue weighted by atomic mass is 10.1. The molecule has 2 atom stereocenters. The van der Waals surface area contributed by atoms with Crippen LogP contribution < -0.4 is 9.64 Å². The average Bonchev–Trinajstić information content (AvgIpc) is 3.30. The van der Waals surface area contributed by atoms with E-state index < -0.39 is 11.9 Å². The van der Waals surface area contributed by atoms with Gasteiger partial charge in [-0.15, -0.1) is 0 Å². The molecule has 2 saturated heterocycles. The third-order valence-electron chi connectivity index (χ3n) is 5.92. The molecule has 4 rings (SSSR count). The third kappa shape index (κ3) is 4.08. The summed E-state index contributed by atoms with van der Waals surface area (Å²) in [4.78, 5) is 52.1. The van der Waals surface area contributed by atoms with Crippen LogP contribution in [0.1, 0.15) is 43.4 Å². The van der Waals surface area contributed by atoms with Crippen LogP contribution in [0, 0.1) is 12.8 Å². The minimum Gasteiger partial charge on any atom is -0.426 e. The predicted octanol–water partition coefficient (Wildman–Crippen LogP) is 3.16. The Morgan fingerprint density at radius 1 is 1.00 bits per heavy atom. The van der Waals surface area contributed by atoms with Crippen LogP contribution in [0.4, 0.5) is 5.69 Å². The second kappa shape index (κ2) is 8.34. The summed E-state index contributed by atoms with van der Waals surface area (Å²) in [6, 6.07) is 14.4. The van der Waals surface area contributed by atoms with Crippen LogP contribution in [-0.4, -0.2) is 35.1 Å². The van der Waals surface area contributed by atoms with Gasteiger partial charge in [0.15, 0.2) is 0 Å². The number of ether oxygens (including phenoxy) is 1. The molecule has 0 aromatic heterocycles. The summed E-state index contributed by atoms with van der Waals surface area (Å²) in [5.74, 6) is -1.20. The summed E-state index contributed by atoms with van der Waals surface area (Å²) in [6.45, 7) is 4.01. The minimum atomic E-state index is -0.541. The van der Waals surface area contributed by atoms with Crippen molar-refractivity contribution in [1.82, 2.24) is 4.90 Å². The van der Waals surface area contributed by atoms with Gasteiger partial charge < -0.3 is 9.64 Å². The minimum absolute atomic E-state index is 0.0733. The molecule has 2 heterocycles. The molecule has 2 aliphatic heterocycles. The molecule has 0 saturated carbocycles. The zero-order valence-corrected chi connectivity index (χ0v) is 17.5. The van der Waals surface area contributed by atoms with Gasteiger partial charge in [-0.05, 0) is 43.2 Å². The number of carbonyl (C=O) groups excluding carboxylic acids is 4. The van der Waals surface area contributed by atoms with Gasteiger partial charge in [-0.1, -0.05) is 30.3 Å². The molecule has 2 fully saturated rings. The van der Waals surface area contributed by atoms with Crippen LogP contribution in [-0.2, 0) is 19.2 Å². The van der Waals surface area contributed by atoms with Crippen molar-refractivity contribution in [3.63, 3.8) is 0 Å². The standard InChI is InChI=1S/C24H24N2O5/c1-15-12-19(8-9-20(15)26-21(27)10-11-22(26)28)31-24(30)18-13-23(29)25(14-18)16(2)17-6-4-3-5-7-17/h3-9,12,16,18H,10-11,13-14H2,1-2H3/t16-,18+/m1/s1. The number of hydrogen-bond donors (Lipinski definition) is 0. The molecule has 0 spiro atoms. The first-order chi connectivity index (χ1) is 14.8. The number of rotatable bonds is 5. The number of nitrogens with zero attached hydrogens (tertiary/aromatic N) is 2. The van der Waals surface area contributed by atoms with Crippen LogP contribution in [0.5, 0.6) is 5.75 Å². The van der Waals surface area contributed by atoms with E-state index in [0.717, 1.165) is 5.56 Å². The Hall–Kier alpha value is -3.48. The highest BCUT2D eigenvalue weighted by Gasteiger charge is 2.38. The quantitative estimate of drug-likeness (QED) is 0.421. The van der Waals surface area contributed by atoms with E-state index in [0.29, 0.717) is 23.5 Å². The molecule has 0 N–H and O–H groups in total. The lowest BCUT2D eigenvalue weighted by Crippen LogP contribution is -2.30. The van der Waals surface area contributed by atoms with Gasteiger partial charge in [-0.25, -0.2) is 0 Å². The molecule has 31 heavy (non-hydrogen) atoms. The van der Waals surface area contributed by atoms with E-state index in [1.54, 1.807) is 30.0 Å². The summed E-state index contributed by atoms with van der Waals surface area (Å²) in [5, 5.41) is 0. The van der Waals surface area contributed by atoms with Gasteiger partial charge in [0.2, 0.25) is 17.7 Å². The van der Waals surface area contributed by atoms with Gasteiger partial charge >= 0.3 is 5.97 Å². The van der Waals surface area contributed by atoms with Crippen LogP contribution >= 0.6 is 0 Å². The molecule has 2 aromatic carbocycles. The number of anilines is 1. The first kappa shape index (κ1) is 20.8. The highest BCUT2D eigenvalue weighted by Crippen LogP contribution is 2.31. The fraction of sp³-hybridized carbons (Fsp3) is 0.333. The number of amides is 3. The first-order valence-electron chi connectivity index (χ1n) is 10.4. The fourth-order valence-corrected chi connectivity index (χ4v) is 4.16. The summed E-state index contributed by atoms with van der Waals surface area (Å²) >= 11 is 0. The highest BCUT2D eigenvalue weighted by molar-refractivity contribution is 6.20. The average molecular weight is 420 g/mol. The molecular formula is C24H24N2O5. The van der Waals surface area contributed by atoms with Crippen LogP contribution in [0.2, 0.25) is 0 Å². The number of imide groups is 1. The summed E-state index contributed by atoms with van der Waals surface area (Å²) in [7, 11) is 0. The van der Waals surface area contributed by atoms with E-state index in [-0.39, 0.29) is 43.0 Å². The normalized spacial score (nSPS) is 19.8. The largest absolute Gasteiger partial charge is 0.426 e. The van der Waals surface area contributed by atoms with Crippen LogP contribution in [0.25, 0.3) is 0 Å². The van der Waals surface area contributed by atoms with E-state index in [2.05, 4.69) is 0 Å². The summed E-state index contributed by atoms with van der Waals surface area (Å²) < 4.78 is 5.53. The molecule has 7 heteroatoms. The van der Waals surface area contributed by atoms with E-state index in [1.807, 2.05) is 37.3 Å². The molecule has 0 bridgehead atoms. The predicted molar refractivity (Wildman–Crippen MR) is 113 cm³/mol. The van der Waals surface area contributed by atoms with Crippen molar-refractivity contribution in [3.05, 3.63) is 59.7 Å². The third-order valence-corrected chi connectivity index (χ3v) is 5.92. The van der Waals surface area contributed by atoms with Gasteiger partial charge in [0.1, 0.15) is 5.75 Å². The maximum atomic E-state index is 12.7. The van der Waals surface area contributed by atoms with Crippen molar-refractivity contribution < 1.29 is 23.9 Å². The molecule has 2 aromatic rings. The molecule has 0 aliphatic carbocycles. The number of benzene rings is 2. The highest BCUT2D eigenvalue weighted by atomic mass is 16.5. The second-order valence-corrected chi connectivity index (χ2v) is 8.03. The number of esters is 1. The second-order valence-electron chi connectivity index (χ2n) is 8.03. The van der Waals surface area contributed by atoms with Crippen molar-refractivity contribution in [3.8, 4) is 5.75 Å². The molecule has 3 amide bonds. The first-order valence-corrected chi connectivity index (χ1v) is 10.4. The Morgan fingerprint density at radius 2 is 1.68 bits per heavy atom. The van der Waals surface area contributed by atoms with Crippen molar-refractivity contribution in [2.24, 2.45) is 5.92 Å². The van der Waals surface area contributed by atoms with Gasteiger partial charge in [0.05, 0.1) is 17.6 Å². The van der Waals surface area contributed by atoms with E-state index in [9.17, 15) is 19.2 Å². The monoisotopic (exact) mass is 420 g/mol. The van der Waals surface area contributed by atoms with Gasteiger partial charge in [-0.2, -0.15) is 0 Å². The molecular weight excluding hydrogens is 396 g/mol. The Morgan fingerprint density at radius 3 is 2.32 bits per heavy atom. The van der Waals surface area contributed by atoms with Gasteiger partial charge in [0.25, 0.3) is 0 Å². The van der Waals surface area contributed by atoms with E-state index in [1.165, 1.54) is 4.90 Å². The molecule has 2 aliphatic rings. The Bertz CT molecular complexity index is 1030. The fourth-order valence-electron chi connectivity index (χ4n) is 4.16. The van der Waals surface area contributed by atoms with E-state index in [4.69, 9.17) is 4.74 Å². The number of likely N-dealkylation sites (tertiary alicyclic amines) is 1. The zero-order valence-electron chi connectivity index (χ0n) is 17.5. The van der Waals surface area contributed by atoms with Gasteiger partial charge in [-0.3, -0.25) is 24.1 Å². The number of hydrogen-bond acceptors (Lipinski definition) is 5. The molecule has 0 unspecified atom stereocenters. The van der Waals surface area contributed by atoms with Gasteiger partial charge in [0, 0.05) is 25.8 Å². The maximum Gasteiger partial charge on any atom is 0.316 e. The Kier molecular flexibility index (Phi) is 5.59. The van der Waals surface area contributed by atoms with E-state index >= 15 is 0 Å². The van der Waals surface area contributed by atoms with Crippen LogP contribution in [0.15, 0.2) is 48.5 Å². The van der Waals surface area contributed by atoms with Crippen molar-refractivity contribution in [1.29, 1.82) is 0 Å². The van der Waals surface area contributed by atoms with Crippen molar-refractivity contribution in [2.75, 3.05) is 11.4 Å².